The Balaban J connectivity index is 0.732. The second-order valence-corrected chi connectivity index (χ2v) is 20.0. The van der Waals surface area contributed by atoms with Crippen LogP contribution in [0.5, 0.6) is 5.75 Å². The number of fused-ring (bicyclic) bond motifs is 4. The van der Waals surface area contributed by atoms with E-state index in [1.165, 1.54) is 16.5 Å². The van der Waals surface area contributed by atoms with Crippen LogP contribution in [-0.2, 0) is 12.8 Å². The van der Waals surface area contributed by atoms with Gasteiger partial charge in [0.1, 0.15) is 40.5 Å². The zero-order valence-electron chi connectivity index (χ0n) is 38.0. The number of β-amino-alcohol motifs (C(OH)–C–C–N with tert-alkyl or cyclic N) is 1. The molecule has 4 aromatic carbocycles. The van der Waals surface area contributed by atoms with Crippen molar-refractivity contribution in [1.29, 1.82) is 0 Å². The third-order valence-electron chi connectivity index (χ3n) is 14.7. The van der Waals surface area contributed by atoms with Crippen LogP contribution in [-0.4, -0.2) is 92.0 Å². The van der Waals surface area contributed by atoms with Crippen LogP contribution in [0.2, 0.25) is 0 Å². The molecular formula is C53H54F2N8O3S. The van der Waals surface area contributed by atoms with Gasteiger partial charge in [0, 0.05) is 85.2 Å². The summed E-state index contributed by atoms with van der Waals surface area (Å²) in [6.07, 6.45) is 6.50. The number of piperidine rings is 1. The quantitative estimate of drug-likeness (QED) is 0.146. The number of aryl methyl sites for hydroxylation is 3. The van der Waals surface area contributed by atoms with E-state index in [-0.39, 0.29) is 23.6 Å². The molecule has 11 nitrogen and oxygen atoms in total. The Hall–Kier alpha value is -6.22. The van der Waals surface area contributed by atoms with Gasteiger partial charge in [-0.1, -0.05) is 36.4 Å². The molecule has 14 heteroatoms. The lowest BCUT2D eigenvalue weighted by molar-refractivity contribution is -0.0173. The molecule has 1 aliphatic carbocycles. The van der Waals surface area contributed by atoms with Crippen LogP contribution in [0.3, 0.4) is 0 Å². The molecule has 344 valence electrons. The van der Waals surface area contributed by atoms with Crippen molar-refractivity contribution in [2.45, 2.75) is 76.4 Å². The summed E-state index contributed by atoms with van der Waals surface area (Å²) in [5.41, 5.74) is 9.50. The van der Waals surface area contributed by atoms with Crippen molar-refractivity contribution in [3.05, 3.63) is 170 Å². The van der Waals surface area contributed by atoms with Crippen molar-refractivity contribution in [2.75, 3.05) is 55.6 Å². The van der Waals surface area contributed by atoms with Crippen LogP contribution in [0.1, 0.15) is 98.5 Å². The second-order valence-electron chi connectivity index (χ2n) is 18.8. The zero-order valence-corrected chi connectivity index (χ0v) is 38.8. The lowest BCUT2D eigenvalue weighted by Crippen LogP contribution is -2.55. The Morgan fingerprint density at radius 2 is 1.54 bits per heavy atom. The van der Waals surface area contributed by atoms with E-state index < -0.39 is 17.2 Å². The summed E-state index contributed by atoms with van der Waals surface area (Å²) in [7, 11) is 0. The van der Waals surface area contributed by atoms with E-state index in [9.17, 15) is 14.6 Å². The molecule has 0 unspecified atom stereocenters. The second kappa shape index (κ2) is 17.5. The zero-order chi connectivity index (χ0) is 46.0. The van der Waals surface area contributed by atoms with Gasteiger partial charge >= 0.3 is 0 Å². The largest absolute Gasteiger partial charge is 0.508 e. The molecule has 0 saturated carbocycles. The van der Waals surface area contributed by atoms with Crippen molar-refractivity contribution < 1.29 is 23.4 Å². The minimum Gasteiger partial charge on any atom is -0.508 e. The van der Waals surface area contributed by atoms with Gasteiger partial charge in [0.15, 0.2) is 11.7 Å². The molecule has 3 atom stereocenters. The normalized spacial score (nSPS) is 20.5. The summed E-state index contributed by atoms with van der Waals surface area (Å²) in [5, 5.41) is 32.3. The molecule has 67 heavy (non-hydrogen) atoms. The lowest BCUT2D eigenvalue weighted by atomic mass is 9.69. The smallest absolute Gasteiger partial charge is 0.196 e. The molecule has 0 amide bonds. The predicted octanol–water partition coefficient (Wildman–Crippen LogP) is 9.38. The fraction of sp³-hybridized carbons (Fsp3) is 0.358. The Morgan fingerprint density at radius 1 is 0.821 bits per heavy atom. The van der Waals surface area contributed by atoms with E-state index in [0.29, 0.717) is 50.1 Å². The van der Waals surface area contributed by atoms with Gasteiger partial charge in [0.05, 0.1) is 23.9 Å². The van der Waals surface area contributed by atoms with Crippen molar-refractivity contribution in [1.82, 2.24) is 24.6 Å². The Morgan fingerprint density at radius 3 is 2.25 bits per heavy atom. The highest BCUT2D eigenvalue weighted by molar-refractivity contribution is 7.15. The minimum absolute atomic E-state index is 0.133. The van der Waals surface area contributed by atoms with Gasteiger partial charge in [-0.25, -0.2) is 13.8 Å². The first-order valence-corrected chi connectivity index (χ1v) is 24.2. The topological polar surface area (TPSA) is 119 Å². The molecule has 2 saturated heterocycles. The number of oxazole rings is 1. The summed E-state index contributed by atoms with van der Waals surface area (Å²) in [6, 6.07) is 26.4. The first kappa shape index (κ1) is 43.4. The van der Waals surface area contributed by atoms with Crippen LogP contribution in [0.4, 0.5) is 20.2 Å². The van der Waals surface area contributed by atoms with Gasteiger partial charge in [0.25, 0.3) is 0 Å². The number of halogens is 2. The number of nitrogens with zero attached hydrogens (tertiary/aromatic N) is 8. The summed E-state index contributed by atoms with van der Waals surface area (Å²) in [4.78, 5) is 18.2. The number of hydrogen-bond donors (Lipinski definition) is 2. The average Bonchev–Trinajstić information content (AvgIpc) is 4.04. The molecule has 4 aliphatic rings. The molecule has 0 radical (unpaired) electrons. The highest BCUT2D eigenvalue weighted by Gasteiger charge is 2.37. The minimum atomic E-state index is -0.761. The van der Waals surface area contributed by atoms with E-state index in [1.54, 1.807) is 35.9 Å². The van der Waals surface area contributed by atoms with E-state index in [4.69, 9.17) is 9.41 Å². The first-order valence-electron chi connectivity index (χ1n) is 23.4. The van der Waals surface area contributed by atoms with E-state index >= 15 is 4.39 Å². The summed E-state index contributed by atoms with van der Waals surface area (Å²) in [5.74, 6) is 1.04. The molecule has 11 rings (SSSR count). The number of aliphatic imine (C=N–C) groups is 1. The molecule has 0 spiro atoms. The number of anilines is 2. The highest BCUT2D eigenvalue weighted by Crippen LogP contribution is 2.48. The van der Waals surface area contributed by atoms with Gasteiger partial charge in [-0.05, 0) is 123 Å². The number of rotatable bonds is 9. The van der Waals surface area contributed by atoms with Gasteiger partial charge in [-0.2, -0.15) is 0 Å². The van der Waals surface area contributed by atoms with Gasteiger partial charge in [0.2, 0.25) is 0 Å². The van der Waals surface area contributed by atoms with E-state index in [2.05, 4.69) is 96.8 Å². The van der Waals surface area contributed by atoms with Crippen LogP contribution >= 0.6 is 11.3 Å². The molecule has 3 aliphatic heterocycles. The monoisotopic (exact) mass is 920 g/mol. The van der Waals surface area contributed by atoms with Gasteiger partial charge < -0.3 is 24.4 Å². The summed E-state index contributed by atoms with van der Waals surface area (Å²) >= 11 is 1.74. The molecule has 2 N–H and O–H groups in total. The Kier molecular flexibility index (Phi) is 11.3. The van der Waals surface area contributed by atoms with Crippen molar-refractivity contribution in [3.8, 4) is 10.8 Å². The third-order valence-corrected chi connectivity index (χ3v) is 15.9. The SMILES string of the molecule is Cc1sc2c(c1C)C(c1ccc(N3CCC(O)(CN4CCN(c5ccc([C@H]6c7ccc(O)cc7CC[C@H]6c6ccc(F)cc6F)cc5)CC4)CC3)cc1)=N[C@H](Cc1ncco1)c1nnc(C)n1-2. The van der Waals surface area contributed by atoms with E-state index in [0.717, 1.165) is 107 Å². The number of phenols is 1. The maximum Gasteiger partial charge on any atom is 0.196 e. The van der Waals surface area contributed by atoms with Gasteiger partial charge in [-0.15, -0.1) is 21.5 Å². The van der Waals surface area contributed by atoms with Crippen molar-refractivity contribution in [3.63, 3.8) is 0 Å². The number of thiophene rings is 1. The fourth-order valence-corrected chi connectivity index (χ4v) is 12.3. The van der Waals surface area contributed by atoms with Crippen LogP contribution < -0.4 is 9.80 Å². The van der Waals surface area contributed by atoms with Crippen molar-refractivity contribution >= 4 is 28.4 Å². The third kappa shape index (κ3) is 8.22. The number of aliphatic hydroxyl groups is 1. The fourth-order valence-electron chi connectivity index (χ4n) is 11.0. The highest BCUT2D eigenvalue weighted by atomic mass is 32.1. The number of phenolic OH excluding ortho intramolecular Hbond substituents is 1. The van der Waals surface area contributed by atoms with Crippen LogP contribution in [0.15, 0.2) is 107 Å². The number of aromatic nitrogens is 4. The lowest BCUT2D eigenvalue weighted by Gasteiger charge is -2.44. The molecule has 7 aromatic rings. The average molecular weight is 921 g/mol. The maximum atomic E-state index is 15.2. The number of benzene rings is 4. The molecule has 0 bridgehead atoms. The molecule has 6 heterocycles. The van der Waals surface area contributed by atoms with E-state index in [1.807, 2.05) is 19.1 Å². The number of piperazine rings is 1. The Bertz CT molecular complexity index is 2950. The maximum absolute atomic E-state index is 15.2. The summed E-state index contributed by atoms with van der Waals surface area (Å²) in [6.45, 7) is 11.9. The molecular weight excluding hydrogens is 867 g/mol. The predicted molar refractivity (Wildman–Crippen MR) is 257 cm³/mol. The van der Waals surface area contributed by atoms with Crippen LogP contribution in [0.25, 0.3) is 5.00 Å². The number of aromatic hydroxyl groups is 1. The summed E-state index contributed by atoms with van der Waals surface area (Å²) < 4.78 is 37.0. The first-order chi connectivity index (χ1) is 32.5. The van der Waals surface area contributed by atoms with Gasteiger partial charge in [-0.3, -0.25) is 14.5 Å². The molecule has 3 aromatic heterocycles. The standard InChI is InChI=1S/C53H54F2N8O3S/c1-32-33(2)67-52-48(32)50(57-46(30-47-56-20-27-66-47)51-59-58-34(3)63(51)52)36-6-12-39(13-7-36)61-21-18-53(65,19-22-61)31-60-23-25-62(26-24-60)40-10-4-35(5-11-40)49-42-17-14-41(64)28-37(42)8-15-44(49)43-16-9-38(54)29-45(43)55/h4-7,9-14,16-17,20,27-29,44,46,49,64-65H,8,15,18-19,21-26,30-31H2,1-3H3/t44-,46+,49-/m0/s1. The Labute approximate surface area is 393 Å². The van der Waals surface area contributed by atoms with Crippen molar-refractivity contribution in [2.24, 2.45) is 4.99 Å². The van der Waals surface area contributed by atoms with Crippen LogP contribution in [0, 0.1) is 32.4 Å². The number of hydrogen-bond acceptors (Lipinski definition) is 11. The molecule has 2 fully saturated rings.